The summed E-state index contributed by atoms with van der Waals surface area (Å²) in [6.45, 7) is 12.0. The molecule has 0 aromatic heterocycles. The SMILES string of the molecule is [B][C@@H]1O[C@H](COC)[C@H](OP(=O)(O)OC[C@H]2O[C@@H](C)C[C@H]2O)C1O[Si](C)(C)C(C)(C)C. The molecule has 9 nitrogen and oxygen atoms in total. The van der Waals surface area contributed by atoms with Gasteiger partial charge in [0.2, 0.25) is 0 Å². The zero-order valence-corrected chi connectivity index (χ0v) is 20.8. The minimum Gasteiger partial charge on any atom is -0.409 e. The van der Waals surface area contributed by atoms with Crippen molar-refractivity contribution in [3.63, 3.8) is 0 Å². The number of methoxy groups -OCH3 is 1. The Balaban J connectivity index is 2.11. The number of hydrogen-bond acceptors (Lipinski definition) is 8. The lowest BCUT2D eigenvalue weighted by atomic mass is 9.93. The molecule has 174 valence electrons. The maximum Gasteiger partial charge on any atom is 0.472 e. The van der Waals surface area contributed by atoms with E-state index in [0.29, 0.717) is 6.42 Å². The quantitative estimate of drug-likeness (QED) is 0.389. The van der Waals surface area contributed by atoms with E-state index in [9.17, 15) is 14.6 Å². The van der Waals surface area contributed by atoms with Crippen molar-refractivity contribution in [1.82, 2.24) is 0 Å². The normalized spacial score (nSPS) is 37.4. The average molecular weight is 466 g/mol. The van der Waals surface area contributed by atoms with Gasteiger partial charge in [0.25, 0.3) is 0 Å². The van der Waals surface area contributed by atoms with Crippen LogP contribution in [0.1, 0.15) is 34.1 Å². The van der Waals surface area contributed by atoms with Gasteiger partial charge in [-0.25, -0.2) is 4.57 Å². The molecule has 2 saturated heterocycles. The van der Waals surface area contributed by atoms with Crippen molar-refractivity contribution in [1.29, 1.82) is 0 Å². The molecule has 2 rings (SSSR count). The van der Waals surface area contributed by atoms with Crippen LogP contribution in [0.2, 0.25) is 18.1 Å². The molecule has 2 aliphatic heterocycles. The van der Waals surface area contributed by atoms with Gasteiger partial charge in [-0.3, -0.25) is 9.05 Å². The van der Waals surface area contributed by atoms with E-state index in [1.807, 2.05) is 6.92 Å². The molecule has 0 amide bonds. The molecule has 2 radical (unpaired) electrons. The summed E-state index contributed by atoms with van der Waals surface area (Å²) < 4.78 is 46.0. The van der Waals surface area contributed by atoms with Gasteiger partial charge in [0.05, 0.1) is 31.5 Å². The molecule has 2 heterocycles. The predicted octanol–water partition coefficient (Wildman–Crippen LogP) is 1.96. The summed E-state index contributed by atoms with van der Waals surface area (Å²) in [7, 11) is 0.827. The van der Waals surface area contributed by atoms with Crippen LogP contribution < -0.4 is 0 Å². The molecule has 8 atom stereocenters. The molecule has 2 unspecified atom stereocenters. The minimum atomic E-state index is -4.52. The molecule has 0 aromatic carbocycles. The van der Waals surface area contributed by atoms with Gasteiger partial charge in [-0.2, -0.15) is 0 Å². The molecule has 0 aromatic rings. The molecule has 0 spiro atoms. The lowest BCUT2D eigenvalue weighted by molar-refractivity contribution is -0.0397. The first-order valence-corrected chi connectivity index (χ1v) is 14.6. The fraction of sp³-hybridized carbons (Fsp3) is 1.00. The number of hydrogen-bond donors (Lipinski definition) is 2. The summed E-state index contributed by atoms with van der Waals surface area (Å²) in [5.74, 6) is 0. The summed E-state index contributed by atoms with van der Waals surface area (Å²) in [5.41, 5.74) is 0. The summed E-state index contributed by atoms with van der Waals surface area (Å²) in [5, 5.41) is 9.84. The second-order valence-corrected chi connectivity index (χ2v) is 15.7. The molecular formula is C18H36BO9PSi. The fourth-order valence-electron chi connectivity index (χ4n) is 3.27. The van der Waals surface area contributed by atoms with E-state index in [1.165, 1.54) is 7.11 Å². The molecule has 2 aliphatic rings. The van der Waals surface area contributed by atoms with Gasteiger partial charge in [-0.05, 0) is 25.1 Å². The first-order chi connectivity index (χ1) is 13.7. The lowest BCUT2D eigenvalue weighted by Gasteiger charge is -2.40. The third-order valence-corrected chi connectivity index (χ3v) is 11.4. The molecular weight excluding hydrogens is 430 g/mol. The Morgan fingerprint density at radius 2 is 1.80 bits per heavy atom. The van der Waals surface area contributed by atoms with Crippen molar-refractivity contribution in [2.24, 2.45) is 0 Å². The monoisotopic (exact) mass is 466 g/mol. The van der Waals surface area contributed by atoms with Crippen LogP contribution >= 0.6 is 7.82 Å². The molecule has 2 N–H and O–H groups in total. The van der Waals surface area contributed by atoms with Crippen molar-refractivity contribution >= 4 is 24.0 Å². The van der Waals surface area contributed by atoms with Crippen LogP contribution in [0.25, 0.3) is 0 Å². The van der Waals surface area contributed by atoms with E-state index in [1.54, 1.807) is 0 Å². The third kappa shape index (κ3) is 6.60. The van der Waals surface area contributed by atoms with E-state index in [2.05, 4.69) is 33.9 Å². The zero-order chi connectivity index (χ0) is 22.9. The Kier molecular flexibility index (Phi) is 8.81. The van der Waals surface area contributed by atoms with Gasteiger partial charge in [0.15, 0.2) is 8.32 Å². The van der Waals surface area contributed by atoms with Crippen molar-refractivity contribution in [3.8, 4) is 0 Å². The number of aliphatic hydroxyl groups is 1. The molecule has 0 saturated carbocycles. The van der Waals surface area contributed by atoms with E-state index >= 15 is 0 Å². The van der Waals surface area contributed by atoms with Crippen LogP contribution in [0, 0.1) is 0 Å². The molecule has 30 heavy (non-hydrogen) atoms. The largest absolute Gasteiger partial charge is 0.472 e. The summed E-state index contributed by atoms with van der Waals surface area (Å²) in [6.07, 6.45) is -3.59. The second-order valence-electron chi connectivity index (χ2n) is 9.56. The van der Waals surface area contributed by atoms with Crippen molar-refractivity contribution in [2.75, 3.05) is 20.3 Å². The Labute approximate surface area is 181 Å². The van der Waals surface area contributed by atoms with E-state index in [0.717, 1.165) is 0 Å². The van der Waals surface area contributed by atoms with Crippen LogP contribution in [0.15, 0.2) is 0 Å². The first-order valence-electron chi connectivity index (χ1n) is 10.2. The molecule has 0 aliphatic carbocycles. The van der Waals surface area contributed by atoms with Gasteiger partial charge < -0.3 is 28.6 Å². The van der Waals surface area contributed by atoms with Crippen LogP contribution in [0.4, 0.5) is 0 Å². The van der Waals surface area contributed by atoms with Crippen molar-refractivity contribution < 1.29 is 42.2 Å². The van der Waals surface area contributed by atoms with Crippen molar-refractivity contribution in [3.05, 3.63) is 0 Å². The topological polar surface area (TPSA) is 113 Å². The average Bonchev–Trinajstić information content (AvgIpc) is 3.05. The number of rotatable bonds is 9. The van der Waals surface area contributed by atoms with Crippen LogP contribution in [0.3, 0.4) is 0 Å². The predicted molar refractivity (Wildman–Crippen MR) is 114 cm³/mol. The Morgan fingerprint density at radius 1 is 1.17 bits per heavy atom. The standard InChI is InChI=1S/C18H36BO9PSi/c1-11-8-12(20)13(25-11)10-24-29(21,22)27-15-14(9-23-5)26-17(19)16(15)28-30(6,7)18(2,3)4/h11-17,20H,8-10H2,1-7H3,(H,21,22)/t11-,12+,13+,14+,15-,16?,17+/m0/s1. The van der Waals surface area contributed by atoms with Crippen LogP contribution in [0.5, 0.6) is 0 Å². The number of phosphoric acid groups is 1. The van der Waals surface area contributed by atoms with Gasteiger partial charge in [0.1, 0.15) is 26.2 Å². The highest BCUT2D eigenvalue weighted by atomic mass is 31.2. The second kappa shape index (κ2) is 9.99. The smallest absolute Gasteiger partial charge is 0.409 e. The molecule has 12 heteroatoms. The zero-order valence-electron chi connectivity index (χ0n) is 18.9. The van der Waals surface area contributed by atoms with Gasteiger partial charge in [-0.1, -0.05) is 20.8 Å². The summed E-state index contributed by atoms with van der Waals surface area (Å²) in [4.78, 5) is 10.3. The number of phosphoric ester groups is 1. The Morgan fingerprint density at radius 3 is 2.30 bits per heavy atom. The summed E-state index contributed by atoms with van der Waals surface area (Å²) >= 11 is 0. The van der Waals surface area contributed by atoms with E-state index in [4.69, 9.17) is 35.5 Å². The van der Waals surface area contributed by atoms with E-state index in [-0.39, 0.29) is 24.4 Å². The fourth-order valence-corrected chi connectivity index (χ4v) is 5.53. The summed E-state index contributed by atoms with van der Waals surface area (Å²) in [6, 6.07) is -0.842. The third-order valence-electron chi connectivity index (χ3n) is 5.98. The van der Waals surface area contributed by atoms with Crippen LogP contribution in [-0.4, -0.2) is 89.1 Å². The number of aliphatic hydroxyl groups excluding tert-OH is 1. The highest BCUT2D eigenvalue weighted by molar-refractivity contribution is 7.47. The van der Waals surface area contributed by atoms with Crippen LogP contribution in [-0.2, 0) is 32.2 Å². The molecule has 2 fully saturated rings. The van der Waals surface area contributed by atoms with Gasteiger partial charge >= 0.3 is 7.82 Å². The highest BCUT2D eigenvalue weighted by Crippen LogP contribution is 2.49. The highest BCUT2D eigenvalue weighted by Gasteiger charge is 2.51. The maximum atomic E-state index is 12.7. The number of ether oxygens (including phenoxy) is 3. The van der Waals surface area contributed by atoms with Gasteiger partial charge in [-0.15, -0.1) is 0 Å². The Bertz CT molecular complexity index is 617. The maximum absolute atomic E-state index is 12.7. The lowest BCUT2D eigenvalue weighted by Crippen LogP contribution is -2.50. The van der Waals surface area contributed by atoms with Crippen molar-refractivity contribution in [2.45, 2.75) is 94.9 Å². The van der Waals surface area contributed by atoms with Gasteiger partial charge in [0, 0.05) is 19.5 Å². The minimum absolute atomic E-state index is 0.108. The Hall–Kier alpha value is 0.192. The molecule has 0 bridgehead atoms. The van der Waals surface area contributed by atoms with E-state index < -0.39 is 52.7 Å². The first kappa shape index (κ1) is 26.4.